The number of fused-ring (bicyclic) bond motifs is 1. The summed E-state index contributed by atoms with van der Waals surface area (Å²) in [6.07, 6.45) is 1.41. The SMILES string of the molecule is CC(C)CC(N)C(=O)NC(CS)C(=O)NC(CC(N)=O)C(=O)NC(Cc1c[nH]c2ccccc12)C(=O)O. The summed E-state index contributed by atoms with van der Waals surface area (Å²) in [5, 5.41) is 17.7. The van der Waals surface area contributed by atoms with Gasteiger partial charge in [0.1, 0.15) is 18.1 Å². The summed E-state index contributed by atoms with van der Waals surface area (Å²) in [5.74, 6) is -4.45. The number of benzene rings is 1. The molecule has 0 bridgehead atoms. The van der Waals surface area contributed by atoms with E-state index in [-0.39, 0.29) is 18.1 Å². The number of amides is 4. The second-order valence-electron chi connectivity index (χ2n) is 9.17. The van der Waals surface area contributed by atoms with E-state index < -0.39 is 60.2 Å². The Kier molecular flexibility index (Phi) is 10.9. The molecule has 13 heteroatoms. The zero-order valence-corrected chi connectivity index (χ0v) is 21.6. The Labute approximate surface area is 219 Å². The number of nitrogens with two attached hydrogens (primary N) is 2. The van der Waals surface area contributed by atoms with Gasteiger partial charge in [0.25, 0.3) is 0 Å². The minimum absolute atomic E-state index is 0.0502. The number of rotatable bonds is 14. The van der Waals surface area contributed by atoms with Gasteiger partial charge >= 0.3 is 5.97 Å². The van der Waals surface area contributed by atoms with Crippen molar-refractivity contribution in [1.82, 2.24) is 20.9 Å². The van der Waals surface area contributed by atoms with Crippen LogP contribution in [0, 0.1) is 5.92 Å². The molecule has 12 nitrogen and oxygen atoms in total. The molecule has 0 saturated heterocycles. The number of carbonyl (C=O) groups excluding carboxylic acids is 4. The molecule has 0 aliphatic heterocycles. The van der Waals surface area contributed by atoms with Crippen LogP contribution in [0.3, 0.4) is 0 Å². The second-order valence-corrected chi connectivity index (χ2v) is 9.54. The highest BCUT2D eigenvalue weighted by atomic mass is 32.1. The molecule has 0 aliphatic rings. The maximum Gasteiger partial charge on any atom is 0.326 e. The Morgan fingerprint density at radius 1 is 0.973 bits per heavy atom. The first-order valence-electron chi connectivity index (χ1n) is 11.8. The van der Waals surface area contributed by atoms with Gasteiger partial charge in [0.05, 0.1) is 12.5 Å². The number of thiol groups is 1. The second kappa shape index (κ2) is 13.7. The Morgan fingerprint density at radius 2 is 1.57 bits per heavy atom. The molecule has 4 atom stereocenters. The van der Waals surface area contributed by atoms with Crippen molar-refractivity contribution < 1.29 is 29.1 Å². The third-order valence-corrected chi connectivity index (χ3v) is 5.99. The normalized spacial score (nSPS) is 14.4. The van der Waals surface area contributed by atoms with Crippen molar-refractivity contribution in [1.29, 1.82) is 0 Å². The summed E-state index contributed by atoms with van der Waals surface area (Å²) in [5.41, 5.74) is 12.6. The van der Waals surface area contributed by atoms with Gasteiger partial charge < -0.3 is 37.5 Å². The van der Waals surface area contributed by atoms with Crippen molar-refractivity contribution in [3.63, 3.8) is 0 Å². The van der Waals surface area contributed by atoms with Crippen LogP contribution in [0.1, 0.15) is 32.3 Å². The minimum Gasteiger partial charge on any atom is -0.480 e. The molecule has 0 fully saturated rings. The molecule has 0 saturated carbocycles. The topological polar surface area (TPSA) is 209 Å². The van der Waals surface area contributed by atoms with Gasteiger partial charge in [0, 0.05) is 29.3 Å². The van der Waals surface area contributed by atoms with Crippen molar-refractivity contribution in [3.8, 4) is 0 Å². The number of carboxylic acid groups (broad SMARTS) is 1. The summed E-state index contributed by atoms with van der Waals surface area (Å²) in [6.45, 7) is 3.79. The number of hydrogen-bond acceptors (Lipinski definition) is 7. The van der Waals surface area contributed by atoms with E-state index in [4.69, 9.17) is 11.5 Å². The summed E-state index contributed by atoms with van der Waals surface area (Å²) in [7, 11) is 0. The molecule has 1 heterocycles. The molecule has 0 radical (unpaired) electrons. The van der Waals surface area contributed by atoms with E-state index in [2.05, 4.69) is 33.6 Å². The fraction of sp³-hybridized carbons (Fsp3) is 0.458. The molecule has 2 aromatic rings. The first kappa shape index (κ1) is 29.6. The average molecular weight is 535 g/mol. The van der Waals surface area contributed by atoms with Crippen molar-refractivity contribution in [2.75, 3.05) is 5.75 Å². The predicted molar refractivity (Wildman–Crippen MR) is 141 cm³/mol. The van der Waals surface area contributed by atoms with Crippen molar-refractivity contribution in [2.45, 2.75) is 57.3 Å². The van der Waals surface area contributed by atoms with E-state index in [1.54, 1.807) is 12.3 Å². The Balaban J connectivity index is 2.12. The van der Waals surface area contributed by atoms with Crippen LogP contribution in [-0.4, -0.2) is 69.6 Å². The van der Waals surface area contributed by atoms with Crippen LogP contribution >= 0.6 is 12.6 Å². The van der Waals surface area contributed by atoms with Crippen molar-refractivity contribution in [3.05, 3.63) is 36.0 Å². The molecule has 4 amide bonds. The van der Waals surface area contributed by atoms with Gasteiger partial charge in [-0.25, -0.2) is 4.79 Å². The quantitative estimate of drug-likeness (QED) is 0.148. The Morgan fingerprint density at radius 3 is 2.16 bits per heavy atom. The van der Waals surface area contributed by atoms with Gasteiger partial charge in [-0.2, -0.15) is 12.6 Å². The van der Waals surface area contributed by atoms with E-state index >= 15 is 0 Å². The molecule has 1 aromatic carbocycles. The lowest BCUT2D eigenvalue weighted by molar-refractivity contribution is -0.142. The summed E-state index contributed by atoms with van der Waals surface area (Å²) in [6, 6.07) is 2.45. The van der Waals surface area contributed by atoms with E-state index in [0.29, 0.717) is 12.0 Å². The lowest BCUT2D eigenvalue weighted by atomic mass is 10.0. The van der Waals surface area contributed by atoms with Crippen molar-refractivity contribution in [2.24, 2.45) is 17.4 Å². The fourth-order valence-corrected chi connectivity index (χ4v) is 4.02. The molecule has 202 valence electrons. The molecule has 37 heavy (non-hydrogen) atoms. The first-order chi connectivity index (χ1) is 17.4. The predicted octanol–water partition coefficient (Wildman–Crippen LogP) is -0.572. The molecular weight excluding hydrogens is 500 g/mol. The Bertz CT molecular complexity index is 1140. The van der Waals surface area contributed by atoms with E-state index in [1.807, 2.05) is 32.0 Å². The number of aromatic amines is 1. The van der Waals surface area contributed by atoms with Crippen LogP contribution in [0.2, 0.25) is 0 Å². The number of hydrogen-bond donors (Lipinski definition) is 8. The number of aromatic nitrogens is 1. The number of para-hydroxylation sites is 1. The number of aliphatic carboxylic acids is 1. The average Bonchev–Trinajstić information content (AvgIpc) is 3.23. The van der Waals surface area contributed by atoms with Gasteiger partial charge in [-0.15, -0.1) is 0 Å². The molecule has 1 aromatic heterocycles. The smallest absolute Gasteiger partial charge is 0.326 e. The van der Waals surface area contributed by atoms with Crippen molar-refractivity contribution >= 4 is 53.1 Å². The van der Waals surface area contributed by atoms with Gasteiger partial charge in [0.2, 0.25) is 23.6 Å². The summed E-state index contributed by atoms with van der Waals surface area (Å²) in [4.78, 5) is 64.6. The van der Waals surface area contributed by atoms with E-state index in [9.17, 15) is 29.1 Å². The monoisotopic (exact) mass is 534 g/mol. The molecule has 0 spiro atoms. The maximum atomic E-state index is 13.0. The number of primary amides is 1. The molecule has 4 unspecified atom stereocenters. The van der Waals surface area contributed by atoms with E-state index in [1.165, 1.54) is 0 Å². The van der Waals surface area contributed by atoms with Gasteiger partial charge in [-0.3, -0.25) is 19.2 Å². The van der Waals surface area contributed by atoms with Crippen LogP contribution in [0.4, 0.5) is 0 Å². The number of H-pyrrole nitrogens is 1. The highest BCUT2D eigenvalue weighted by Crippen LogP contribution is 2.19. The molecule has 9 N–H and O–H groups in total. The number of carbonyl (C=O) groups is 5. The van der Waals surface area contributed by atoms with Gasteiger partial charge in [-0.1, -0.05) is 32.0 Å². The lowest BCUT2D eigenvalue weighted by Crippen LogP contribution is -2.58. The van der Waals surface area contributed by atoms with E-state index in [0.717, 1.165) is 10.9 Å². The molecule has 0 aliphatic carbocycles. The standard InChI is InChI=1S/C24H34N6O6S/c1-12(2)7-15(25)21(32)30-19(11-37)23(34)28-17(9-20(26)31)22(33)29-18(24(35)36)8-13-10-27-16-6-4-3-5-14(13)16/h3-6,10,12,15,17-19,27,37H,7-9,11,25H2,1-2H3,(H2,26,31)(H,28,34)(H,29,33)(H,30,32)(H,35,36). The Hall–Kier alpha value is -3.58. The van der Waals surface area contributed by atoms with Crippen LogP contribution in [0.25, 0.3) is 10.9 Å². The van der Waals surface area contributed by atoms with Gasteiger partial charge in [0.15, 0.2) is 0 Å². The number of nitrogens with one attached hydrogen (secondary N) is 4. The number of carboxylic acids is 1. The molecule has 2 rings (SSSR count). The lowest BCUT2D eigenvalue weighted by Gasteiger charge is -2.24. The highest BCUT2D eigenvalue weighted by molar-refractivity contribution is 7.80. The maximum absolute atomic E-state index is 13.0. The molecular formula is C24H34N6O6S. The van der Waals surface area contributed by atoms with Crippen LogP contribution in [0.5, 0.6) is 0 Å². The largest absolute Gasteiger partial charge is 0.480 e. The summed E-state index contributed by atoms with van der Waals surface area (Å²) < 4.78 is 0. The van der Waals surface area contributed by atoms with Crippen LogP contribution < -0.4 is 27.4 Å². The summed E-state index contributed by atoms with van der Waals surface area (Å²) >= 11 is 4.08. The third-order valence-electron chi connectivity index (χ3n) is 5.63. The zero-order valence-electron chi connectivity index (χ0n) is 20.7. The third kappa shape index (κ3) is 8.79. The van der Waals surface area contributed by atoms with Gasteiger partial charge in [-0.05, 0) is 24.0 Å². The van der Waals surface area contributed by atoms with Crippen LogP contribution in [-0.2, 0) is 30.4 Å². The highest BCUT2D eigenvalue weighted by Gasteiger charge is 2.31. The fourth-order valence-electron chi connectivity index (χ4n) is 3.76. The minimum atomic E-state index is -1.47. The first-order valence-corrected chi connectivity index (χ1v) is 12.4. The zero-order chi connectivity index (χ0) is 27.7. The van der Waals surface area contributed by atoms with Crippen LogP contribution in [0.15, 0.2) is 30.5 Å².